The van der Waals surface area contributed by atoms with Gasteiger partial charge in [-0.2, -0.15) is 0 Å². The van der Waals surface area contributed by atoms with Crippen LogP contribution in [0.15, 0.2) is 18.2 Å². The molecule has 0 saturated heterocycles. The van der Waals surface area contributed by atoms with Crippen molar-refractivity contribution in [1.82, 2.24) is 5.32 Å². The van der Waals surface area contributed by atoms with Crippen molar-refractivity contribution in [3.63, 3.8) is 0 Å². The van der Waals surface area contributed by atoms with Crippen LogP contribution in [0.3, 0.4) is 0 Å². The number of benzene rings is 1. The van der Waals surface area contributed by atoms with E-state index in [0.29, 0.717) is 0 Å². The van der Waals surface area contributed by atoms with Gasteiger partial charge in [0, 0.05) is 12.7 Å². The molecule has 2 N–H and O–H groups in total. The molecule has 0 aliphatic rings. The van der Waals surface area contributed by atoms with Crippen LogP contribution >= 0.6 is 0 Å². The average molecular weight is 250 g/mol. The third-order valence-electron chi connectivity index (χ3n) is 2.53. The highest BCUT2D eigenvalue weighted by atomic mass is 16.5. The lowest BCUT2D eigenvalue weighted by atomic mass is 10.1. The predicted molar refractivity (Wildman–Crippen MR) is 74.3 cm³/mol. The molecule has 0 aliphatic heterocycles. The number of urea groups is 1. The summed E-state index contributed by atoms with van der Waals surface area (Å²) in [5.74, 6) is 0.918. The maximum absolute atomic E-state index is 11.3. The Balaban J connectivity index is 2.84. The number of amides is 2. The molecular weight excluding hydrogens is 228 g/mol. The molecule has 0 spiro atoms. The minimum atomic E-state index is -0.209. The van der Waals surface area contributed by atoms with Gasteiger partial charge in [0.15, 0.2) is 0 Å². The van der Waals surface area contributed by atoms with E-state index < -0.39 is 0 Å². The first-order valence-electron chi connectivity index (χ1n) is 6.45. The first-order chi connectivity index (χ1) is 8.71. The van der Waals surface area contributed by atoms with Crippen LogP contribution in [0.5, 0.6) is 5.75 Å². The van der Waals surface area contributed by atoms with Gasteiger partial charge in [0.05, 0.1) is 6.61 Å². The molecular formula is C14H22N2O2. The third kappa shape index (κ3) is 4.28. The quantitative estimate of drug-likeness (QED) is 0.814. The molecule has 100 valence electrons. The van der Waals surface area contributed by atoms with E-state index in [9.17, 15) is 4.79 Å². The number of nitrogens with one attached hydrogen (secondary N) is 2. The fourth-order valence-corrected chi connectivity index (χ4v) is 1.67. The number of hydrogen-bond acceptors (Lipinski definition) is 2. The van der Waals surface area contributed by atoms with Crippen LogP contribution in [-0.4, -0.2) is 19.7 Å². The maximum Gasteiger partial charge on any atom is 0.318 e. The molecule has 18 heavy (non-hydrogen) atoms. The monoisotopic (exact) mass is 250 g/mol. The zero-order valence-corrected chi connectivity index (χ0v) is 11.4. The predicted octanol–water partition coefficient (Wildman–Crippen LogP) is 3.18. The topological polar surface area (TPSA) is 50.4 Å². The van der Waals surface area contributed by atoms with Gasteiger partial charge in [0.1, 0.15) is 5.75 Å². The van der Waals surface area contributed by atoms with Crippen molar-refractivity contribution in [3.05, 3.63) is 23.8 Å². The highest BCUT2D eigenvalue weighted by molar-refractivity contribution is 5.89. The number of carbonyl (C=O) groups excluding carboxylic acids is 1. The molecule has 1 aromatic carbocycles. The van der Waals surface area contributed by atoms with E-state index in [1.807, 2.05) is 18.2 Å². The molecule has 0 atom stereocenters. The van der Waals surface area contributed by atoms with Crippen molar-refractivity contribution < 1.29 is 9.53 Å². The van der Waals surface area contributed by atoms with Gasteiger partial charge in [-0.05, 0) is 36.6 Å². The molecule has 0 radical (unpaired) electrons. The van der Waals surface area contributed by atoms with Crippen LogP contribution in [0.4, 0.5) is 10.5 Å². The second kappa shape index (κ2) is 7.58. The van der Waals surface area contributed by atoms with Gasteiger partial charge >= 0.3 is 6.03 Å². The van der Waals surface area contributed by atoms with Crippen LogP contribution < -0.4 is 15.4 Å². The van der Waals surface area contributed by atoms with E-state index in [0.717, 1.165) is 42.9 Å². The van der Waals surface area contributed by atoms with E-state index in [1.54, 1.807) is 7.05 Å². The second-order valence-corrected chi connectivity index (χ2v) is 4.13. The van der Waals surface area contributed by atoms with Gasteiger partial charge < -0.3 is 15.4 Å². The Morgan fingerprint density at radius 3 is 2.67 bits per heavy atom. The lowest BCUT2D eigenvalue weighted by Crippen LogP contribution is -2.24. The van der Waals surface area contributed by atoms with Gasteiger partial charge in [0.25, 0.3) is 0 Å². The number of hydrogen-bond donors (Lipinski definition) is 2. The molecule has 0 aromatic heterocycles. The van der Waals surface area contributed by atoms with Gasteiger partial charge in [-0.25, -0.2) is 4.79 Å². The number of aryl methyl sites for hydroxylation is 1. The smallest absolute Gasteiger partial charge is 0.318 e. The van der Waals surface area contributed by atoms with Crippen molar-refractivity contribution >= 4 is 11.7 Å². The first-order valence-corrected chi connectivity index (χ1v) is 6.45. The minimum absolute atomic E-state index is 0.209. The molecule has 2 amide bonds. The van der Waals surface area contributed by atoms with E-state index >= 15 is 0 Å². The molecule has 0 unspecified atom stereocenters. The number of rotatable bonds is 6. The van der Waals surface area contributed by atoms with E-state index in [4.69, 9.17) is 4.74 Å². The van der Waals surface area contributed by atoms with Crippen LogP contribution in [0, 0.1) is 0 Å². The Labute approximate surface area is 109 Å². The van der Waals surface area contributed by atoms with Gasteiger partial charge in [-0.15, -0.1) is 0 Å². The second-order valence-electron chi connectivity index (χ2n) is 4.13. The summed E-state index contributed by atoms with van der Waals surface area (Å²) in [5, 5.41) is 5.30. The lowest BCUT2D eigenvalue weighted by molar-refractivity contribution is 0.254. The number of ether oxygens (including phenoxy) is 1. The fraction of sp³-hybridized carbons (Fsp3) is 0.500. The van der Waals surface area contributed by atoms with Gasteiger partial charge in [-0.3, -0.25) is 0 Å². The van der Waals surface area contributed by atoms with Crippen molar-refractivity contribution in [2.75, 3.05) is 19.0 Å². The summed E-state index contributed by atoms with van der Waals surface area (Å²) in [7, 11) is 1.60. The van der Waals surface area contributed by atoms with E-state index in [-0.39, 0.29) is 6.03 Å². The van der Waals surface area contributed by atoms with Crippen LogP contribution in [0.1, 0.15) is 32.3 Å². The van der Waals surface area contributed by atoms with Gasteiger partial charge in [0.2, 0.25) is 0 Å². The Kier molecular flexibility index (Phi) is 6.05. The first kappa shape index (κ1) is 14.4. The van der Waals surface area contributed by atoms with Crippen LogP contribution in [-0.2, 0) is 6.42 Å². The molecule has 1 rings (SSSR count). The Bertz CT molecular complexity index is 391. The van der Waals surface area contributed by atoms with Crippen molar-refractivity contribution in [3.8, 4) is 5.75 Å². The summed E-state index contributed by atoms with van der Waals surface area (Å²) in [6, 6.07) is 5.55. The summed E-state index contributed by atoms with van der Waals surface area (Å²) >= 11 is 0. The molecule has 0 bridgehead atoms. The third-order valence-corrected chi connectivity index (χ3v) is 2.53. The molecule has 0 saturated carbocycles. The molecule has 4 heteroatoms. The maximum atomic E-state index is 11.3. The van der Waals surface area contributed by atoms with Crippen molar-refractivity contribution in [1.29, 1.82) is 0 Å². The molecule has 4 nitrogen and oxygen atoms in total. The summed E-state index contributed by atoms with van der Waals surface area (Å²) in [4.78, 5) is 11.3. The summed E-state index contributed by atoms with van der Waals surface area (Å²) in [6.07, 6.45) is 2.98. The standard InChI is InChI=1S/C14H22N2O2/c1-4-6-11-10-12(16-14(17)15-3)7-8-13(11)18-9-5-2/h7-8,10H,4-6,9H2,1-3H3,(H2,15,16,17). The summed E-state index contributed by atoms with van der Waals surface area (Å²) < 4.78 is 5.70. The molecule has 0 heterocycles. The molecule has 0 aliphatic carbocycles. The van der Waals surface area contributed by atoms with E-state index in [2.05, 4.69) is 24.5 Å². The fourth-order valence-electron chi connectivity index (χ4n) is 1.67. The van der Waals surface area contributed by atoms with E-state index in [1.165, 1.54) is 0 Å². The average Bonchev–Trinajstić information content (AvgIpc) is 2.38. The lowest BCUT2D eigenvalue weighted by Gasteiger charge is -2.13. The van der Waals surface area contributed by atoms with Crippen molar-refractivity contribution in [2.24, 2.45) is 0 Å². The zero-order valence-electron chi connectivity index (χ0n) is 11.4. The highest BCUT2D eigenvalue weighted by Crippen LogP contribution is 2.24. The van der Waals surface area contributed by atoms with Crippen LogP contribution in [0.25, 0.3) is 0 Å². The largest absolute Gasteiger partial charge is 0.493 e. The minimum Gasteiger partial charge on any atom is -0.493 e. The molecule has 1 aromatic rings. The Hall–Kier alpha value is -1.71. The number of anilines is 1. The zero-order chi connectivity index (χ0) is 13.4. The van der Waals surface area contributed by atoms with Gasteiger partial charge in [-0.1, -0.05) is 20.3 Å². The summed E-state index contributed by atoms with van der Waals surface area (Å²) in [6.45, 7) is 4.93. The SMILES string of the molecule is CCCOc1ccc(NC(=O)NC)cc1CCC. The Morgan fingerprint density at radius 2 is 2.06 bits per heavy atom. The van der Waals surface area contributed by atoms with Crippen LogP contribution in [0.2, 0.25) is 0 Å². The molecule has 0 fully saturated rings. The van der Waals surface area contributed by atoms with Crippen molar-refractivity contribution in [2.45, 2.75) is 33.1 Å². The number of carbonyl (C=O) groups is 1. The normalized spacial score (nSPS) is 9.94. The Morgan fingerprint density at radius 1 is 1.28 bits per heavy atom. The summed E-state index contributed by atoms with van der Waals surface area (Å²) in [5.41, 5.74) is 1.93. The highest BCUT2D eigenvalue weighted by Gasteiger charge is 2.06.